The first kappa shape index (κ1) is 14.1. The zero-order valence-electron chi connectivity index (χ0n) is 10.6. The monoisotopic (exact) mass is 254 g/mol. The molecular weight excluding hydrogens is 236 g/mol. The van der Waals surface area contributed by atoms with Crippen molar-refractivity contribution in [3.05, 3.63) is 23.7 Å². The third kappa shape index (κ3) is 4.12. The number of methoxy groups -OCH3 is 1. The molecule has 3 N–H and O–H groups in total. The summed E-state index contributed by atoms with van der Waals surface area (Å²) in [6.07, 6.45) is 2.09. The van der Waals surface area contributed by atoms with Gasteiger partial charge in [-0.2, -0.15) is 0 Å². The van der Waals surface area contributed by atoms with E-state index in [1.165, 1.54) is 7.11 Å². The van der Waals surface area contributed by atoms with E-state index in [2.05, 4.69) is 16.3 Å². The smallest absolute Gasteiger partial charge is 0.343 e. The van der Waals surface area contributed by atoms with Crippen molar-refractivity contribution < 1.29 is 19.4 Å². The molecule has 0 unspecified atom stereocenters. The van der Waals surface area contributed by atoms with Gasteiger partial charge in [0.1, 0.15) is 0 Å². The van der Waals surface area contributed by atoms with Crippen LogP contribution >= 0.6 is 0 Å². The lowest BCUT2D eigenvalue weighted by Crippen LogP contribution is -2.18. The van der Waals surface area contributed by atoms with E-state index in [9.17, 15) is 9.90 Å². The van der Waals surface area contributed by atoms with Gasteiger partial charge < -0.3 is 20.3 Å². The highest BCUT2D eigenvalue weighted by molar-refractivity contribution is 5.95. The molecule has 18 heavy (non-hydrogen) atoms. The molecule has 1 rings (SSSR count). The highest BCUT2D eigenvalue weighted by Crippen LogP contribution is 2.36. The Morgan fingerprint density at radius 3 is 2.61 bits per heavy atom. The van der Waals surface area contributed by atoms with Crippen molar-refractivity contribution in [2.45, 2.75) is 19.8 Å². The summed E-state index contributed by atoms with van der Waals surface area (Å²) in [7, 11) is 1.26. The molecule has 6 heteroatoms. The van der Waals surface area contributed by atoms with E-state index < -0.39 is 11.9 Å². The number of nitrogens with two attached hydrogens (primary N) is 1. The Morgan fingerprint density at radius 2 is 2.17 bits per heavy atom. The lowest BCUT2D eigenvalue weighted by atomic mass is 10.3. The molecular formula is C12H18N2O4. The van der Waals surface area contributed by atoms with Gasteiger partial charge in [-0.1, -0.05) is 6.58 Å². The van der Waals surface area contributed by atoms with Crippen molar-refractivity contribution in [2.24, 2.45) is 16.6 Å². The number of hydrogen-bond donors (Lipinski definition) is 2. The second-order valence-electron chi connectivity index (χ2n) is 4.06. The molecule has 100 valence electrons. The number of aliphatic imine (C=N–C) groups is 1. The van der Waals surface area contributed by atoms with Crippen molar-refractivity contribution in [1.82, 2.24) is 0 Å². The van der Waals surface area contributed by atoms with Crippen molar-refractivity contribution in [3.63, 3.8) is 0 Å². The minimum Gasteiger partial charge on any atom is -0.495 e. The SMILES string of the molecule is C=C(/N=C(OCC(=O)OC)\C(C)=C(/N)O)C1CC1. The van der Waals surface area contributed by atoms with Crippen LogP contribution in [0.25, 0.3) is 0 Å². The van der Waals surface area contributed by atoms with Crippen LogP contribution in [0.5, 0.6) is 0 Å². The standard InChI is InChI=1S/C12H18N2O4/c1-7(11(13)16)12(18-6-10(15)17-3)14-8(2)9-4-5-9/h9,16H,2,4-6,13H2,1,3H3/b11-7+,14-12+. The Bertz CT molecular complexity index is 404. The van der Waals surface area contributed by atoms with E-state index in [0.717, 1.165) is 12.8 Å². The fourth-order valence-corrected chi connectivity index (χ4v) is 1.16. The third-order valence-corrected chi connectivity index (χ3v) is 2.55. The number of aliphatic hydroxyl groups is 1. The lowest BCUT2D eigenvalue weighted by Gasteiger charge is -2.10. The van der Waals surface area contributed by atoms with Crippen molar-refractivity contribution in [1.29, 1.82) is 0 Å². The summed E-state index contributed by atoms with van der Waals surface area (Å²) in [6.45, 7) is 5.07. The van der Waals surface area contributed by atoms with Crippen LogP contribution in [0, 0.1) is 5.92 Å². The second-order valence-corrected chi connectivity index (χ2v) is 4.06. The van der Waals surface area contributed by atoms with Gasteiger partial charge in [-0.25, -0.2) is 9.79 Å². The minimum absolute atomic E-state index is 0.0947. The maximum absolute atomic E-state index is 11.0. The van der Waals surface area contributed by atoms with E-state index in [-0.39, 0.29) is 18.1 Å². The molecule has 0 aliphatic heterocycles. The zero-order valence-corrected chi connectivity index (χ0v) is 10.6. The van der Waals surface area contributed by atoms with Gasteiger partial charge in [0.2, 0.25) is 5.90 Å². The van der Waals surface area contributed by atoms with E-state index >= 15 is 0 Å². The number of carbonyl (C=O) groups is 1. The van der Waals surface area contributed by atoms with Gasteiger partial charge in [0.25, 0.3) is 0 Å². The summed E-state index contributed by atoms with van der Waals surface area (Å²) in [5, 5.41) is 9.23. The molecule has 1 aliphatic carbocycles. The average Bonchev–Trinajstić information content (AvgIpc) is 3.16. The number of hydrogen-bond acceptors (Lipinski definition) is 6. The first-order chi connectivity index (χ1) is 8.45. The normalized spacial score (nSPS) is 16.9. The number of carbonyl (C=O) groups excluding carboxylic acids is 1. The molecule has 6 nitrogen and oxygen atoms in total. The molecule has 0 aromatic carbocycles. The molecule has 0 amide bonds. The highest BCUT2D eigenvalue weighted by Gasteiger charge is 2.25. The van der Waals surface area contributed by atoms with Gasteiger partial charge in [-0.15, -0.1) is 0 Å². The van der Waals surface area contributed by atoms with Crippen LogP contribution in [-0.4, -0.2) is 30.7 Å². The number of allylic oxidation sites excluding steroid dienone is 1. The molecule has 1 saturated carbocycles. The molecule has 0 bridgehead atoms. The predicted molar refractivity (Wildman–Crippen MR) is 66.8 cm³/mol. The van der Waals surface area contributed by atoms with E-state index in [4.69, 9.17) is 10.5 Å². The fraction of sp³-hybridized carbons (Fsp3) is 0.500. The molecule has 0 spiro atoms. The molecule has 0 heterocycles. The maximum atomic E-state index is 11.0. The third-order valence-electron chi connectivity index (χ3n) is 2.55. The lowest BCUT2D eigenvalue weighted by molar-refractivity contribution is -0.143. The van der Waals surface area contributed by atoms with Gasteiger partial charge in [0, 0.05) is 11.6 Å². The Labute approximate surface area is 106 Å². The first-order valence-corrected chi connectivity index (χ1v) is 5.58. The quantitative estimate of drug-likeness (QED) is 0.333. The topological polar surface area (TPSA) is 94.1 Å². The van der Waals surface area contributed by atoms with Crippen LogP contribution in [0.3, 0.4) is 0 Å². The van der Waals surface area contributed by atoms with Crippen LogP contribution < -0.4 is 5.73 Å². The second kappa shape index (κ2) is 6.09. The predicted octanol–water partition coefficient (Wildman–Crippen LogP) is 1.25. The molecule has 0 aromatic heterocycles. The Balaban J connectivity index is 2.77. The van der Waals surface area contributed by atoms with Gasteiger partial charge in [-0.3, -0.25) is 0 Å². The number of nitrogens with zero attached hydrogens (tertiary/aromatic N) is 1. The molecule has 0 atom stereocenters. The Kier molecular flexibility index (Phi) is 4.76. The number of rotatable bonds is 5. The van der Waals surface area contributed by atoms with Crippen molar-refractivity contribution in [3.8, 4) is 0 Å². The van der Waals surface area contributed by atoms with E-state index in [0.29, 0.717) is 11.6 Å². The zero-order chi connectivity index (χ0) is 13.7. The molecule has 1 aliphatic rings. The number of esters is 1. The van der Waals surface area contributed by atoms with Gasteiger partial charge in [-0.05, 0) is 19.8 Å². The Hall–Kier alpha value is -1.98. The first-order valence-electron chi connectivity index (χ1n) is 5.58. The van der Waals surface area contributed by atoms with Gasteiger partial charge >= 0.3 is 5.97 Å². The maximum Gasteiger partial charge on any atom is 0.343 e. The Morgan fingerprint density at radius 1 is 1.56 bits per heavy atom. The minimum atomic E-state index is -0.538. The average molecular weight is 254 g/mol. The fourth-order valence-electron chi connectivity index (χ4n) is 1.16. The number of ether oxygens (including phenoxy) is 2. The molecule has 0 aromatic rings. The van der Waals surface area contributed by atoms with Crippen LogP contribution in [0.1, 0.15) is 19.8 Å². The van der Waals surface area contributed by atoms with Crippen LogP contribution in [-0.2, 0) is 14.3 Å². The molecule has 0 saturated heterocycles. The summed E-state index contributed by atoms with van der Waals surface area (Å²) >= 11 is 0. The largest absolute Gasteiger partial charge is 0.495 e. The van der Waals surface area contributed by atoms with E-state index in [1.807, 2.05) is 0 Å². The van der Waals surface area contributed by atoms with Crippen LogP contribution in [0.15, 0.2) is 28.7 Å². The van der Waals surface area contributed by atoms with Crippen molar-refractivity contribution >= 4 is 11.9 Å². The summed E-state index contributed by atoms with van der Waals surface area (Å²) in [6, 6.07) is 0. The van der Waals surface area contributed by atoms with Crippen LogP contribution in [0.4, 0.5) is 0 Å². The van der Waals surface area contributed by atoms with E-state index in [1.54, 1.807) is 6.92 Å². The summed E-state index contributed by atoms with van der Waals surface area (Å²) in [5.41, 5.74) is 6.20. The van der Waals surface area contributed by atoms with Crippen LogP contribution in [0.2, 0.25) is 0 Å². The summed E-state index contributed by atoms with van der Waals surface area (Å²) in [5.74, 6) is -0.488. The summed E-state index contributed by atoms with van der Waals surface area (Å²) < 4.78 is 9.64. The van der Waals surface area contributed by atoms with Gasteiger partial charge in [0.15, 0.2) is 12.5 Å². The highest BCUT2D eigenvalue weighted by atomic mass is 16.6. The number of aliphatic hydroxyl groups excluding tert-OH is 1. The molecule has 0 radical (unpaired) electrons. The van der Waals surface area contributed by atoms with Crippen molar-refractivity contribution in [2.75, 3.05) is 13.7 Å². The molecule has 1 fully saturated rings. The summed E-state index contributed by atoms with van der Waals surface area (Å²) in [4.78, 5) is 15.2. The van der Waals surface area contributed by atoms with Gasteiger partial charge in [0.05, 0.1) is 12.7 Å².